The molecule has 0 saturated carbocycles. The standard InChI is InChI=1S/C19H26N4O/c1-14-10-19(2,3)23(17-9-7-6-8-16(14)17)12-15-11-22(13-20-15)18(24)21(4)5/h6-9,11,13-14H,10,12H2,1-5H3. The van der Waals surface area contributed by atoms with Gasteiger partial charge in [0.25, 0.3) is 0 Å². The highest BCUT2D eigenvalue weighted by Gasteiger charge is 2.36. The molecule has 5 heteroatoms. The highest BCUT2D eigenvalue weighted by Crippen LogP contribution is 2.43. The lowest BCUT2D eigenvalue weighted by atomic mass is 9.80. The fourth-order valence-corrected chi connectivity index (χ4v) is 3.69. The summed E-state index contributed by atoms with van der Waals surface area (Å²) < 4.78 is 1.54. The molecule has 128 valence electrons. The van der Waals surface area contributed by atoms with E-state index in [1.165, 1.54) is 11.3 Å². The number of carbonyl (C=O) groups excluding carboxylic acids is 1. The first-order valence-electron chi connectivity index (χ1n) is 8.40. The Morgan fingerprint density at radius 1 is 1.33 bits per heavy atom. The summed E-state index contributed by atoms with van der Waals surface area (Å²) in [5, 5.41) is 0. The summed E-state index contributed by atoms with van der Waals surface area (Å²) in [4.78, 5) is 20.5. The average Bonchev–Trinajstić information content (AvgIpc) is 2.98. The molecule has 0 N–H and O–H groups in total. The molecule has 0 fully saturated rings. The number of carbonyl (C=O) groups is 1. The highest BCUT2D eigenvalue weighted by atomic mass is 16.2. The molecule has 24 heavy (non-hydrogen) atoms. The maximum atomic E-state index is 12.1. The molecule has 1 atom stereocenters. The Bertz CT molecular complexity index is 747. The number of aromatic nitrogens is 2. The predicted octanol–water partition coefficient (Wildman–Crippen LogP) is 3.71. The van der Waals surface area contributed by atoms with E-state index in [4.69, 9.17) is 0 Å². The van der Waals surface area contributed by atoms with Crippen molar-refractivity contribution < 1.29 is 4.79 Å². The molecule has 0 spiro atoms. The van der Waals surface area contributed by atoms with Gasteiger partial charge in [0.15, 0.2) is 0 Å². The van der Waals surface area contributed by atoms with Crippen molar-refractivity contribution in [3.8, 4) is 0 Å². The van der Waals surface area contributed by atoms with Crippen LogP contribution in [0, 0.1) is 0 Å². The van der Waals surface area contributed by atoms with Crippen LogP contribution in [0.25, 0.3) is 0 Å². The lowest BCUT2D eigenvalue weighted by Crippen LogP contribution is -2.47. The number of imidazole rings is 1. The quantitative estimate of drug-likeness (QED) is 0.845. The third kappa shape index (κ3) is 2.90. The Balaban J connectivity index is 1.91. The van der Waals surface area contributed by atoms with Gasteiger partial charge in [-0.25, -0.2) is 9.78 Å². The number of fused-ring (bicyclic) bond motifs is 1. The smallest absolute Gasteiger partial charge is 0.328 e. The second-order valence-corrected chi connectivity index (χ2v) is 7.51. The van der Waals surface area contributed by atoms with Crippen molar-refractivity contribution >= 4 is 11.7 Å². The lowest BCUT2D eigenvalue weighted by molar-refractivity contribution is 0.219. The SMILES string of the molecule is CC1CC(C)(C)N(Cc2cn(C(=O)N(C)C)cn2)c2ccccc21. The van der Waals surface area contributed by atoms with E-state index >= 15 is 0 Å². The van der Waals surface area contributed by atoms with Gasteiger partial charge in [0, 0.05) is 31.5 Å². The molecule has 1 aromatic carbocycles. The Morgan fingerprint density at radius 3 is 2.75 bits per heavy atom. The van der Waals surface area contributed by atoms with Crippen LogP contribution in [0.2, 0.25) is 0 Å². The van der Waals surface area contributed by atoms with E-state index in [2.05, 4.69) is 54.9 Å². The van der Waals surface area contributed by atoms with Crippen LogP contribution in [-0.4, -0.2) is 40.1 Å². The molecule has 1 aliphatic heterocycles. The molecule has 1 amide bonds. The summed E-state index contributed by atoms with van der Waals surface area (Å²) in [6, 6.07) is 8.52. The number of anilines is 1. The minimum absolute atomic E-state index is 0.0447. The van der Waals surface area contributed by atoms with E-state index in [9.17, 15) is 4.79 Å². The first kappa shape index (κ1) is 16.6. The Morgan fingerprint density at radius 2 is 2.04 bits per heavy atom. The molecule has 1 unspecified atom stereocenters. The zero-order valence-electron chi connectivity index (χ0n) is 15.2. The topological polar surface area (TPSA) is 41.4 Å². The van der Waals surface area contributed by atoms with Gasteiger partial charge < -0.3 is 9.80 Å². The average molecular weight is 326 g/mol. The molecular weight excluding hydrogens is 300 g/mol. The van der Waals surface area contributed by atoms with Crippen molar-refractivity contribution in [3.63, 3.8) is 0 Å². The van der Waals surface area contributed by atoms with Crippen LogP contribution in [0.15, 0.2) is 36.8 Å². The summed E-state index contributed by atoms with van der Waals surface area (Å²) in [7, 11) is 3.49. The molecule has 0 saturated heterocycles. The van der Waals surface area contributed by atoms with Crippen LogP contribution in [0.1, 0.15) is 44.4 Å². The molecule has 1 aliphatic rings. The minimum Gasteiger partial charge on any atom is -0.360 e. The van der Waals surface area contributed by atoms with Crippen LogP contribution >= 0.6 is 0 Å². The summed E-state index contributed by atoms with van der Waals surface area (Å²) >= 11 is 0. The van der Waals surface area contributed by atoms with Crippen molar-refractivity contribution in [3.05, 3.63) is 48.0 Å². The fraction of sp³-hybridized carbons (Fsp3) is 0.474. The Hall–Kier alpha value is -2.30. The van der Waals surface area contributed by atoms with Gasteiger partial charge in [-0.1, -0.05) is 25.1 Å². The summed E-state index contributed by atoms with van der Waals surface area (Å²) in [5.41, 5.74) is 3.61. The van der Waals surface area contributed by atoms with E-state index in [0.29, 0.717) is 12.5 Å². The summed E-state index contributed by atoms with van der Waals surface area (Å²) in [6.45, 7) is 7.55. The number of para-hydroxylation sites is 1. The van der Waals surface area contributed by atoms with Gasteiger partial charge in [-0.15, -0.1) is 0 Å². The molecule has 2 heterocycles. The van der Waals surface area contributed by atoms with E-state index < -0.39 is 0 Å². The Kier molecular flexibility index (Phi) is 4.11. The van der Waals surface area contributed by atoms with Crippen molar-refractivity contribution in [2.24, 2.45) is 0 Å². The van der Waals surface area contributed by atoms with Gasteiger partial charge in [-0.05, 0) is 37.8 Å². The van der Waals surface area contributed by atoms with Gasteiger partial charge in [0.2, 0.25) is 0 Å². The van der Waals surface area contributed by atoms with E-state index in [-0.39, 0.29) is 11.6 Å². The number of benzene rings is 1. The number of hydrogen-bond donors (Lipinski definition) is 0. The molecule has 3 rings (SSSR count). The number of nitrogens with zero attached hydrogens (tertiary/aromatic N) is 4. The van der Waals surface area contributed by atoms with Crippen molar-refractivity contribution in [1.29, 1.82) is 0 Å². The van der Waals surface area contributed by atoms with Gasteiger partial charge in [0.05, 0.1) is 12.2 Å². The van der Waals surface area contributed by atoms with Gasteiger partial charge in [-0.2, -0.15) is 0 Å². The predicted molar refractivity (Wildman–Crippen MR) is 96.4 cm³/mol. The molecule has 5 nitrogen and oxygen atoms in total. The van der Waals surface area contributed by atoms with Crippen molar-refractivity contribution in [2.75, 3.05) is 19.0 Å². The number of hydrogen-bond acceptors (Lipinski definition) is 3. The molecule has 0 bridgehead atoms. The fourth-order valence-electron chi connectivity index (χ4n) is 3.69. The van der Waals surface area contributed by atoms with Crippen LogP contribution < -0.4 is 4.90 Å². The van der Waals surface area contributed by atoms with Crippen LogP contribution in [0.5, 0.6) is 0 Å². The Labute approximate surface area is 143 Å². The zero-order chi connectivity index (χ0) is 17.5. The maximum absolute atomic E-state index is 12.1. The number of rotatable bonds is 2. The third-order valence-electron chi connectivity index (χ3n) is 4.85. The third-order valence-corrected chi connectivity index (χ3v) is 4.85. The van der Waals surface area contributed by atoms with E-state index in [1.807, 2.05) is 6.20 Å². The monoisotopic (exact) mass is 326 g/mol. The molecule has 2 aromatic rings. The minimum atomic E-state index is -0.0827. The first-order chi connectivity index (χ1) is 11.3. The molecule has 1 aromatic heterocycles. The summed E-state index contributed by atoms with van der Waals surface area (Å²) in [5.74, 6) is 0.542. The van der Waals surface area contributed by atoms with Crippen molar-refractivity contribution in [1.82, 2.24) is 14.5 Å². The second-order valence-electron chi connectivity index (χ2n) is 7.51. The van der Waals surface area contributed by atoms with Gasteiger partial charge >= 0.3 is 6.03 Å². The van der Waals surface area contributed by atoms with Crippen LogP contribution in [0.4, 0.5) is 10.5 Å². The van der Waals surface area contributed by atoms with E-state index in [1.54, 1.807) is 29.9 Å². The highest BCUT2D eigenvalue weighted by molar-refractivity contribution is 5.76. The van der Waals surface area contributed by atoms with Crippen LogP contribution in [0.3, 0.4) is 0 Å². The van der Waals surface area contributed by atoms with Crippen LogP contribution in [-0.2, 0) is 6.54 Å². The number of amides is 1. The largest absolute Gasteiger partial charge is 0.360 e. The van der Waals surface area contributed by atoms with E-state index in [0.717, 1.165) is 12.1 Å². The molecule has 0 radical (unpaired) electrons. The lowest BCUT2D eigenvalue weighted by Gasteiger charge is -2.47. The first-order valence-corrected chi connectivity index (χ1v) is 8.40. The van der Waals surface area contributed by atoms with Crippen molar-refractivity contribution in [2.45, 2.75) is 45.2 Å². The zero-order valence-corrected chi connectivity index (χ0v) is 15.2. The molecule has 0 aliphatic carbocycles. The molecular formula is C19H26N4O. The van der Waals surface area contributed by atoms with Gasteiger partial charge in [-0.3, -0.25) is 4.57 Å². The second kappa shape index (κ2) is 5.96. The summed E-state index contributed by atoms with van der Waals surface area (Å²) in [6.07, 6.45) is 4.53. The maximum Gasteiger partial charge on any atom is 0.328 e. The normalized spacial score (nSPS) is 19.0. The van der Waals surface area contributed by atoms with Gasteiger partial charge in [0.1, 0.15) is 6.33 Å².